The molecule has 0 spiro atoms. The molecule has 2 rings (SSSR count). The molecule has 0 aliphatic rings. The molecular formula is C16H19NO. The lowest BCUT2D eigenvalue weighted by Gasteiger charge is -2.13. The Morgan fingerprint density at radius 2 is 1.61 bits per heavy atom. The Kier molecular flexibility index (Phi) is 3.56. The minimum atomic E-state index is 0.888. The first-order valence-electron chi connectivity index (χ1n) is 6.09. The first-order chi connectivity index (χ1) is 8.60. The van der Waals surface area contributed by atoms with E-state index in [-0.39, 0.29) is 0 Å². The average Bonchev–Trinajstić information content (AvgIpc) is 2.36. The van der Waals surface area contributed by atoms with Gasteiger partial charge in [-0.05, 0) is 61.7 Å². The van der Waals surface area contributed by atoms with E-state index in [1.807, 2.05) is 12.1 Å². The van der Waals surface area contributed by atoms with E-state index in [9.17, 15) is 0 Å². The van der Waals surface area contributed by atoms with Crippen LogP contribution in [-0.2, 0) is 0 Å². The quantitative estimate of drug-likeness (QED) is 0.861. The van der Waals surface area contributed by atoms with Crippen molar-refractivity contribution >= 4 is 11.4 Å². The highest BCUT2D eigenvalue weighted by Crippen LogP contribution is 2.26. The van der Waals surface area contributed by atoms with Crippen LogP contribution in [0.4, 0.5) is 11.4 Å². The highest BCUT2D eigenvalue weighted by Gasteiger charge is 2.03. The second kappa shape index (κ2) is 5.13. The van der Waals surface area contributed by atoms with Gasteiger partial charge in [-0.2, -0.15) is 0 Å². The summed E-state index contributed by atoms with van der Waals surface area (Å²) < 4.78 is 5.22. The molecule has 2 aromatic rings. The second-order valence-electron chi connectivity index (χ2n) is 4.62. The van der Waals surface area contributed by atoms with Gasteiger partial charge in [-0.1, -0.05) is 12.1 Å². The van der Waals surface area contributed by atoms with E-state index in [2.05, 4.69) is 50.4 Å². The molecule has 0 aromatic heterocycles. The van der Waals surface area contributed by atoms with Crippen LogP contribution >= 0.6 is 0 Å². The number of ether oxygens (including phenoxy) is 1. The van der Waals surface area contributed by atoms with Crippen LogP contribution in [0.2, 0.25) is 0 Å². The van der Waals surface area contributed by atoms with Gasteiger partial charge >= 0.3 is 0 Å². The number of hydrogen-bond acceptors (Lipinski definition) is 2. The van der Waals surface area contributed by atoms with Crippen LogP contribution in [0.5, 0.6) is 5.75 Å². The summed E-state index contributed by atoms with van der Waals surface area (Å²) in [5.74, 6) is 0.888. The van der Waals surface area contributed by atoms with Crippen LogP contribution < -0.4 is 10.1 Å². The van der Waals surface area contributed by atoms with Crippen molar-refractivity contribution < 1.29 is 4.74 Å². The summed E-state index contributed by atoms with van der Waals surface area (Å²) in [7, 11) is 1.69. The van der Waals surface area contributed by atoms with E-state index in [0.717, 1.165) is 17.1 Å². The Labute approximate surface area is 109 Å². The SMILES string of the molecule is COc1ccc(Nc2cc(C)ccc2C)c(C)c1. The number of benzene rings is 2. The van der Waals surface area contributed by atoms with Crippen molar-refractivity contribution in [3.8, 4) is 5.75 Å². The van der Waals surface area contributed by atoms with Gasteiger partial charge in [0.25, 0.3) is 0 Å². The van der Waals surface area contributed by atoms with E-state index in [1.54, 1.807) is 7.11 Å². The fraction of sp³-hybridized carbons (Fsp3) is 0.250. The number of rotatable bonds is 3. The predicted octanol–water partition coefficient (Wildman–Crippen LogP) is 4.36. The van der Waals surface area contributed by atoms with Gasteiger partial charge in [-0.25, -0.2) is 0 Å². The molecule has 0 heterocycles. The van der Waals surface area contributed by atoms with Gasteiger partial charge in [-0.3, -0.25) is 0 Å². The molecule has 0 radical (unpaired) electrons. The zero-order chi connectivity index (χ0) is 13.1. The van der Waals surface area contributed by atoms with Gasteiger partial charge < -0.3 is 10.1 Å². The molecular weight excluding hydrogens is 222 g/mol. The summed E-state index contributed by atoms with van der Waals surface area (Å²) in [4.78, 5) is 0. The molecule has 0 fully saturated rings. The van der Waals surface area contributed by atoms with Gasteiger partial charge in [0.05, 0.1) is 7.11 Å². The van der Waals surface area contributed by atoms with E-state index in [4.69, 9.17) is 4.74 Å². The first kappa shape index (κ1) is 12.5. The van der Waals surface area contributed by atoms with Gasteiger partial charge in [0.1, 0.15) is 5.75 Å². The summed E-state index contributed by atoms with van der Waals surface area (Å²) in [6.07, 6.45) is 0. The van der Waals surface area contributed by atoms with Crippen molar-refractivity contribution in [2.75, 3.05) is 12.4 Å². The van der Waals surface area contributed by atoms with Crippen molar-refractivity contribution in [2.45, 2.75) is 20.8 Å². The monoisotopic (exact) mass is 241 g/mol. The first-order valence-corrected chi connectivity index (χ1v) is 6.09. The van der Waals surface area contributed by atoms with Crippen molar-refractivity contribution in [1.82, 2.24) is 0 Å². The average molecular weight is 241 g/mol. The second-order valence-corrected chi connectivity index (χ2v) is 4.62. The number of hydrogen-bond donors (Lipinski definition) is 1. The van der Waals surface area contributed by atoms with Gasteiger partial charge in [-0.15, -0.1) is 0 Å². The number of aryl methyl sites for hydroxylation is 3. The lowest BCUT2D eigenvalue weighted by atomic mass is 10.1. The lowest BCUT2D eigenvalue weighted by Crippen LogP contribution is -1.96. The van der Waals surface area contributed by atoms with Crippen LogP contribution in [0.25, 0.3) is 0 Å². The molecule has 18 heavy (non-hydrogen) atoms. The number of methoxy groups -OCH3 is 1. The van der Waals surface area contributed by atoms with Crippen molar-refractivity contribution in [3.63, 3.8) is 0 Å². The van der Waals surface area contributed by atoms with E-state index in [1.165, 1.54) is 16.7 Å². The molecule has 0 saturated carbocycles. The van der Waals surface area contributed by atoms with E-state index in [0.29, 0.717) is 0 Å². The van der Waals surface area contributed by atoms with Crippen LogP contribution in [0, 0.1) is 20.8 Å². The maximum atomic E-state index is 5.22. The van der Waals surface area contributed by atoms with Gasteiger partial charge in [0, 0.05) is 11.4 Å². The third-order valence-electron chi connectivity index (χ3n) is 3.10. The normalized spacial score (nSPS) is 10.2. The summed E-state index contributed by atoms with van der Waals surface area (Å²) in [6.45, 7) is 6.29. The Hall–Kier alpha value is -1.96. The molecule has 2 nitrogen and oxygen atoms in total. The molecule has 2 aromatic carbocycles. The smallest absolute Gasteiger partial charge is 0.119 e. The zero-order valence-electron chi connectivity index (χ0n) is 11.4. The van der Waals surface area contributed by atoms with Crippen molar-refractivity contribution in [3.05, 3.63) is 53.1 Å². The Morgan fingerprint density at radius 1 is 0.833 bits per heavy atom. The Morgan fingerprint density at radius 3 is 2.28 bits per heavy atom. The predicted molar refractivity (Wildman–Crippen MR) is 76.9 cm³/mol. The van der Waals surface area contributed by atoms with Crippen molar-refractivity contribution in [2.24, 2.45) is 0 Å². The third kappa shape index (κ3) is 2.65. The molecule has 0 atom stereocenters. The molecule has 1 N–H and O–H groups in total. The molecule has 2 heteroatoms. The standard InChI is InChI=1S/C16H19NO/c1-11-5-6-12(2)16(9-11)17-15-8-7-14(18-4)10-13(15)3/h5-10,17H,1-4H3. The molecule has 0 unspecified atom stereocenters. The molecule has 0 bridgehead atoms. The lowest BCUT2D eigenvalue weighted by molar-refractivity contribution is 0.414. The summed E-state index contributed by atoms with van der Waals surface area (Å²) >= 11 is 0. The maximum Gasteiger partial charge on any atom is 0.119 e. The highest BCUT2D eigenvalue weighted by molar-refractivity contribution is 5.67. The number of anilines is 2. The van der Waals surface area contributed by atoms with Crippen molar-refractivity contribution in [1.29, 1.82) is 0 Å². The Balaban J connectivity index is 2.31. The summed E-state index contributed by atoms with van der Waals surface area (Å²) in [5, 5.41) is 3.48. The largest absolute Gasteiger partial charge is 0.497 e. The third-order valence-corrected chi connectivity index (χ3v) is 3.10. The van der Waals surface area contributed by atoms with Crippen LogP contribution in [0.15, 0.2) is 36.4 Å². The van der Waals surface area contributed by atoms with Crippen LogP contribution in [0.3, 0.4) is 0 Å². The Bertz CT molecular complexity index is 561. The number of nitrogens with one attached hydrogen (secondary N) is 1. The molecule has 94 valence electrons. The maximum absolute atomic E-state index is 5.22. The zero-order valence-corrected chi connectivity index (χ0v) is 11.4. The van der Waals surface area contributed by atoms with Crippen LogP contribution in [0.1, 0.15) is 16.7 Å². The summed E-state index contributed by atoms with van der Waals surface area (Å²) in [5.41, 5.74) is 5.95. The fourth-order valence-corrected chi connectivity index (χ4v) is 1.92. The highest BCUT2D eigenvalue weighted by atomic mass is 16.5. The molecule has 0 aliphatic heterocycles. The molecule has 0 aliphatic carbocycles. The minimum absolute atomic E-state index is 0.888. The molecule has 0 amide bonds. The molecule has 0 saturated heterocycles. The topological polar surface area (TPSA) is 21.3 Å². The fourth-order valence-electron chi connectivity index (χ4n) is 1.92. The van der Waals surface area contributed by atoms with Gasteiger partial charge in [0.2, 0.25) is 0 Å². The van der Waals surface area contributed by atoms with Gasteiger partial charge in [0.15, 0.2) is 0 Å². The minimum Gasteiger partial charge on any atom is -0.497 e. The van der Waals surface area contributed by atoms with Crippen LogP contribution in [-0.4, -0.2) is 7.11 Å². The summed E-state index contributed by atoms with van der Waals surface area (Å²) in [6, 6.07) is 12.5. The van der Waals surface area contributed by atoms with E-state index < -0.39 is 0 Å². The van der Waals surface area contributed by atoms with E-state index >= 15 is 0 Å².